The molecule has 1 fully saturated rings. The maximum absolute atomic E-state index is 13.5. The number of unbranched alkanes of at least 4 members (excludes halogenated alkanes) is 1. The van der Waals surface area contributed by atoms with E-state index in [-0.39, 0.29) is 18.1 Å². The molecule has 27 heavy (non-hydrogen) atoms. The molecule has 0 bridgehead atoms. The van der Waals surface area contributed by atoms with Crippen LogP contribution in [0.4, 0.5) is 4.39 Å². The molecular weight excluding hydrogens is 341 g/mol. The number of nitrogens with zero attached hydrogens (tertiary/aromatic N) is 1. The van der Waals surface area contributed by atoms with E-state index in [0.717, 1.165) is 53.4 Å². The Morgan fingerprint density at radius 3 is 2.74 bits per heavy atom. The Kier molecular flexibility index (Phi) is 6.53. The maximum Gasteiger partial charge on any atom is 0.224 e. The third-order valence-corrected chi connectivity index (χ3v) is 5.59. The molecule has 0 radical (unpaired) electrons. The summed E-state index contributed by atoms with van der Waals surface area (Å²) >= 11 is 0. The number of amides is 1. The summed E-state index contributed by atoms with van der Waals surface area (Å²) in [5, 5.41) is 3.82. The molecule has 2 atom stereocenters. The first-order chi connectivity index (χ1) is 12.9. The number of piperidine rings is 1. The van der Waals surface area contributed by atoms with Gasteiger partial charge in [0.15, 0.2) is 0 Å². The summed E-state index contributed by atoms with van der Waals surface area (Å²) in [7, 11) is 0. The van der Waals surface area contributed by atoms with Crippen LogP contribution in [-0.2, 0) is 11.2 Å². The van der Waals surface area contributed by atoms with E-state index in [0.29, 0.717) is 6.54 Å². The molecule has 2 unspecified atom stereocenters. The number of carbonyl (C=O) groups is 1. The van der Waals surface area contributed by atoms with Crippen molar-refractivity contribution in [1.82, 2.24) is 15.2 Å². The lowest BCUT2D eigenvalue weighted by Crippen LogP contribution is -2.39. The van der Waals surface area contributed by atoms with E-state index in [4.69, 9.17) is 0 Å². The van der Waals surface area contributed by atoms with E-state index in [1.165, 1.54) is 31.6 Å². The van der Waals surface area contributed by atoms with E-state index >= 15 is 0 Å². The van der Waals surface area contributed by atoms with Gasteiger partial charge in [-0.25, -0.2) is 4.39 Å². The first-order valence-electron chi connectivity index (χ1n) is 10.2. The van der Waals surface area contributed by atoms with Crippen LogP contribution in [0.15, 0.2) is 18.2 Å². The highest BCUT2D eigenvalue weighted by molar-refractivity contribution is 5.90. The highest BCUT2D eigenvalue weighted by atomic mass is 19.1. The quantitative estimate of drug-likeness (QED) is 0.720. The van der Waals surface area contributed by atoms with Crippen LogP contribution in [0.1, 0.15) is 44.4 Å². The van der Waals surface area contributed by atoms with Gasteiger partial charge in [-0.15, -0.1) is 0 Å². The van der Waals surface area contributed by atoms with Crippen molar-refractivity contribution >= 4 is 16.8 Å². The number of rotatable bonds is 7. The number of nitrogens with one attached hydrogen (secondary N) is 2. The molecule has 2 aromatic rings. The largest absolute Gasteiger partial charge is 0.358 e. The molecule has 2 N–H and O–H groups in total. The van der Waals surface area contributed by atoms with Gasteiger partial charge in [0.05, 0.1) is 6.42 Å². The normalized spacial score (nSPS) is 20.9. The molecule has 1 aromatic heterocycles. The number of hydrogen-bond acceptors (Lipinski definition) is 2. The molecule has 0 aliphatic carbocycles. The minimum absolute atomic E-state index is 0.00322. The average molecular weight is 374 g/mol. The molecule has 1 aliphatic heterocycles. The van der Waals surface area contributed by atoms with Gasteiger partial charge in [0.1, 0.15) is 5.82 Å². The summed E-state index contributed by atoms with van der Waals surface area (Å²) < 4.78 is 13.5. The van der Waals surface area contributed by atoms with Crippen molar-refractivity contribution in [3.63, 3.8) is 0 Å². The van der Waals surface area contributed by atoms with Crippen LogP contribution in [0.25, 0.3) is 10.9 Å². The first kappa shape index (κ1) is 19.9. The second-order valence-corrected chi connectivity index (χ2v) is 8.36. The van der Waals surface area contributed by atoms with E-state index in [9.17, 15) is 9.18 Å². The summed E-state index contributed by atoms with van der Waals surface area (Å²) in [4.78, 5) is 18.1. The zero-order valence-corrected chi connectivity index (χ0v) is 16.8. The average Bonchev–Trinajstić information content (AvgIpc) is 2.89. The Balaban J connectivity index is 1.41. The number of benzene rings is 1. The predicted octanol–water partition coefficient (Wildman–Crippen LogP) is 4.03. The van der Waals surface area contributed by atoms with Crippen LogP contribution in [0.3, 0.4) is 0 Å². The minimum Gasteiger partial charge on any atom is -0.358 e. The van der Waals surface area contributed by atoms with Crippen molar-refractivity contribution < 1.29 is 9.18 Å². The van der Waals surface area contributed by atoms with Gasteiger partial charge < -0.3 is 15.2 Å². The number of likely N-dealkylation sites (tertiary alicyclic amines) is 1. The highest BCUT2D eigenvalue weighted by Gasteiger charge is 2.21. The summed E-state index contributed by atoms with van der Waals surface area (Å²) in [6.07, 6.45) is 3.73. The Labute approximate surface area is 161 Å². The summed E-state index contributed by atoms with van der Waals surface area (Å²) in [6, 6.07) is 4.66. The van der Waals surface area contributed by atoms with Crippen molar-refractivity contribution in [1.29, 1.82) is 0 Å². The summed E-state index contributed by atoms with van der Waals surface area (Å²) in [5.41, 5.74) is 2.69. The molecule has 5 heteroatoms. The monoisotopic (exact) mass is 373 g/mol. The van der Waals surface area contributed by atoms with Gasteiger partial charge in [-0.3, -0.25) is 4.79 Å². The molecular formula is C22H32FN3O. The lowest BCUT2D eigenvalue weighted by Gasteiger charge is -2.34. The van der Waals surface area contributed by atoms with Gasteiger partial charge >= 0.3 is 0 Å². The zero-order valence-electron chi connectivity index (χ0n) is 16.8. The number of H-pyrrole nitrogens is 1. The van der Waals surface area contributed by atoms with Gasteiger partial charge in [-0.05, 0) is 68.3 Å². The zero-order chi connectivity index (χ0) is 19.4. The van der Waals surface area contributed by atoms with Gasteiger partial charge in [0.25, 0.3) is 0 Å². The summed E-state index contributed by atoms with van der Waals surface area (Å²) in [6.45, 7) is 10.8. The van der Waals surface area contributed by atoms with Crippen LogP contribution in [-0.4, -0.2) is 42.0 Å². The molecule has 0 saturated carbocycles. The van der Waals surface area contributed by atoms with Crippen LogP contribution >= 0.6 is 0 Å². The van der Waals surface area contributed by atoms with Crippen LogP contribution in [0.2, 0.25) is 0 Å². The lowest BCUT2D eigenvalue weighted by molar-refractivity contribution is -0.120. The molecule has 2 heterocycles. The third-order valence-electron chi connectivity index (χ3n) is 5.59. The number of aryl methyl sites for hydroxylation is 1. The fourth-order valence-electron chi connectivity index (χ4n) is 4.47. The lowest BCUT2D eigenvalue weighted by atomic mass is 9.92. The standard InChI is InChI=1S/C22H32FN3O/c1-15-10-16(2)14-26(13-15)9-5-4-8-24-22(27)12-19-17(3)25-21-7-6-18(23)11-20(19)21/h6-7,11,15-16,25H,4-5,8-10,12-14H2,1-3H3,(H,24,27). The number of halogens is 1. The van der Waals surface area contributed by atoms with Crippen LogP contribution < -0.4 is 5.32 Å². The minimum atomic E-state index is -0.274. The van der Waals surface area contributed by atoms with E-state index in [2.05, 4.69) is 29.0 Å². The second kappa shape index (κ2) is 8.87. The molecule has 0 spiro atoms. The molecule has 3 rings (SSSR count). The van der Waals surface area contributed by atoms with Crippen molar-refractivity contribution in [2.45, 2.75) is 46.5 Å². The SMILES string of the molecule is Cc1[nH]c2ccc(F)cc2c1CC(=O)NCCCCN1CC(C)CC(C)C1. The molecule has 1 aromatic carbocycles. The molecule has 4 nitrogen and oxygen atoms in total. The number of carbonyl (C=O) groups excluding carboxylic acids is 1. The van der Waals surface area contributed by atoms with E-state index in [1.807, 2.05) is 6.92 Å². The van der Waals surface area contributed by atoms with E-state index < -0.39 is 0 Å². The van der Waals surface area contributed by atoms with Crippen LogP contribution in [0, 0.1) is 24.6 Å². The number of aromatic nitrogens is 1. The van der Waals surface area contributed by atoms with Crippen molar-refractivity contribution in [2.24, 2.45) is 11.8 Å². The summed E-state index contributed by atoms with van der Waals surface area (Å²) in [5.74, 6) is 1.31. The number of hydrogen-bond donors (Lipinski definition) is 2. The van der Waals surface area contributed by atoms with Gasteiger partial charge in [-0.1, -0.05) is 13.8 Å². The Morgan fingerprint density at radius 2 is 2.00 bits per heavy atom. The maximum atomic E-state index is 13.5. The fraction of sp³-hybridized carbons (Fsp3) is 0.591. The van der Waals surface area contributed by atoms with Gasteiger partial charge in [0.2, 0.25) is 5.91 Å². The Hall–Kier alpha value is -1.88. The highest BCUT2D eigenvalue weighted by Crippen LogP contribution is 2.23. The number of aromatic amines is 1. The van der Waals surface area contributed by atoms with Crippen molar-refractivity contribution in [3.8, 4) is 0 Å². The molecule has 1 saturated heterocycles. The molecule has 148 valence electrons. The number of fused-ring (bicyclic) bond motifs is 1. The van der Waals surface area contributed by atoms with Gasteiger partial charge in [-0.2, -0.15) is 0 Å². The predicted molar refractivity (Wildman–Crippen MR) is 108 cm³/mol. The molecule has 1 aliphatic rings. The topological polar surface area (TPSA) is 48.1 Å². The smallest absolute Gasteiger partial charge is 0.224 e. The second-order valence-electron chi connectivity index (χ2n) is 8.36. The Bertz CT molecular complexity index is 775. The molecule has 1 amide bonds. The van der Waals surface area contributed by atoms with Gasteiger partial charge in [0, 0.05) is 36.2 Å². The van der Waals surface area contributed by atoms with Crippen molar-refractivity contribution in [3.05, 3.63) is 35.3 Å². The first-order valence-corrected chi connectivity index (χ1v) is 10.2. The third kappa shape index (κ3) is 5.32. The van der Waals surface area contributed by atoms with Crippen LogP contribution in [0.5, 0.6) is 0 Å². The van der Waals surface area contributed by atoms with E-state index in [1.54, 1.807) is 6.07 Å². The fourth-order valence-corrected chi connectivity index (χ4v) is 4.47. The van der Waals surface area contributed by atoms with Crippen molar-refractivity contribution in [2.75, 3.05) is 26.2 Å². The Morgan fingerprint density at radius 1 is 1.26 bits per heavy atom.